The highest BCUT2D eigenvalue weighted by molar-refractivity contribution is 6.11. The van der Waals surface area contributed by atoms with Crippen LogP contribution in [0, 0.1) is 13.8 Å². The average molecular weight is 490 g/mol. The van der Waals surface area contributed by atoms with Crippen molar-refractivity contribution >= 4 is 21.8 Å². The fraction of sp³-hybridized carbons (Fsp3) is 0.321. The van der Waals surface area contributed by atoms with E-state index in [0.717, 1.165) is 27.4 Å². The Labute approximate surface area is 206 Å². The fourth-order valence-corrected chi connectivity index (χ4v) is 5.54. The van der Waals surface area contributed by atoms with Crippen LogP contribution in [0.4, 0.5) is 4.39 Å². The molecule has 0 aliphatic carbocycles. The summed E-state index contributed by atoms with van der Waals surface area (Å²) >= 11 is 0. The number of aliphatic hydroxyl groups excluding tert-OH is 1. The van der Waals surface area contributed by atoms with E-state index < -0.39 is 17.5 Å². The minimum Gasteiger partial charge on any atom is -0.462 e. The van der Waals surface area contributed by atoms with Crippen LogP contribution in [0.5, 0.6) is 0 Å². The van der Waals surface area contributed by atoms with Gasteiger partial charge in [-0.2, -0.15) is 0 Å². The van der Waals surface area contributed by atoms with Crippen molar-refractivity contribution in [3.05, 3.63) is 76.6 Å². The zero-order valence-electron chi connectivity index (χ0n) is 20.6. The Bertz CT molecular complexity index is 1630. The van der Waals surface area contributed by atoms with Gasteiger partial charge in [-0.25, -0.2) is 4.39 Å². The fourth-order valence-electron chi connectivity index (χ4n) is 5.54. The Morgan fingerprint density at radius 1 is 1.17 bits per heavy atom. The number of hydrogen-bond acceptors (Lipinski definition) is 6. The Morgan fingerprint density at radius 3 is 2.53 bits per heavy atom. The number of nitrogens with zero attached hydrogens (tertiary/aromatic N) is 2. The van der Waals surface area contributed by atoms with E-state index in [4.69, 9.17) is 14.7 Å². The highest BCUT2D eigenvalue weighted by Crippen LogP contribution is 2.44. The summed E-state index contributed by atoms with van der Waals surface area (Å²) in [6.45, 7) is 7.10. The van der Waals surface area contributed by atoms with E-state index in [2.05, 4.69) is 5.16 Å². The van der Waals surface area contributed by atoms with E-state index in [1.54, 1.807) is 26.0 Å². The molecule has 2 atom stereocenters. The molecule has 186 valence electrons. The number of hydrogen-bond donors (Lipinski definition) is 3. The van der Waals surface area contributed by atoms with Gasteiger partial charge in [-0.3, -0.25) is 0 Å². The second-order valence-corrected chi connectivity index (χ2v) is 10.4. The summed E-state index contributed by atoms with van der Waals surface area (Å²) in [5.41, 5.74) is 8.20. The molecule has 4 heterocycles. The van der Waals surface area contributed by atoms with Crippen LogP contribution < -0.4 is 5.73 Å². The minimum absolute atomic E-state index is 0.00333. The first-order valence-corrected chi connectivity index (χ1v) is 11.9. The lowest BCUT2D eigenvalue weighted by atomic mass is 9.95. The molecule has 0 fully saturated rings. The zero-order valence-corrected chi connectivity index (χ0v) is 20.6. The van der Waals surface area contributed by atoms with Gasteiger partial charge in [-0.05, 0) is 69.2 Å². The SMILES string of the molecule is Cc1noc(C)c1-c1cc(C(N)O)c2c3ccc(C(C)(C)O)cc3n(CC3(F)Cc4ccc3o4)c2c1. The molecule has 0 radical (unpaired) electrons. The first kappa shape index (κ1) is 23.0. The largest absolute Gasteiger partial charge is 0.462 e. The molecule has 2 aromatic carbocycles. The van der Waals surface area contributed by atoms with Crippen LogP contribution in [-0.2, 0) is 24.2 Å². The van der Waals surface area contributed by atoms with Crippen LogP contribution in [0.3, 0.4) is 0 Å². The van der Waals surface area contributed by atoms with Crippen molar-refractivity contribution in [1.29, 1.82) is 0 Å². The summed E-state index contributed by atoms with van der Waals surface area (Å²) in [6.07, 6.45) is -1.11. The van der Waals surface area contributed by atoms with Crippen molar-refractivity contribution < 1.29 is 23.5 Å². The molecule has 0 saturated heterocycles. The van der Waals surface area contributed by atoms with Gasteiger partial charge >= 0.3 is 0 Å². The number of benzene rings is 2. The van der Waals surface area contributed by atoms with Crippen LogP contribution in [-0.4, -0.2) is 19.9 Å². The normalized spacial score (nSPS) is 18.6. The lowest BCUT2D eigenvalue weighted by Gasteiger charge is -2.22. The van der Waals surface area contributed by atoms with Gasteiger partial charge in [0.1, 0.15) is 23.5 Å². The molecular formula is C28H28FN3O4. The van der Waals surface area contributed by atoms with Gasteiger partial charge in [-0.1, -0.05) is 17.3 Å². The smallest absolute Gasteiger partial charge is 0.192 e. The second-order valence-electron chi connectivity index (χ2n) is 10.4. The topological polar surface area (TPSA) is 111 Å². The third-order valence-corrected chi connectivity index (χ3v) is 7.31. The van der Waals surface area contributed by atoms with Crippen LogP contribution in [0.2, 0.25) is 0 Å². The van der Waals surface area contributed by atoms with Gasteiger partial charge in [0, 0.05) is 33.8 Å². The number of furan rings is 1. The maximum absolute atomic E-state index is 16.3. The number of aryl methyl sites for hydroxylation is 2. The number of rotatable bonds is 5. The van der Waals surface area contributed by atoms with Gasteiger partial charge in [-0.15, -0.1) is 0 Å². The first-order chi connectivity index (χ1) is 17.0. The first-order valence-electron chi connectivity index (χ1n) is 11.9. The molecular weight excluding hydrogens is 461 g/mol. The number of halogens is 1. The molecule has 4 N–H and O–H groups in total. The van der Waals surface area contributed by atoms with Gasteiger partial charge in [0.05, 0.1) is 23.4 Å². The van der Waals surface area contributed by atoms with Crippen LogP contribution >= 0.6 is 0 Å². The number of nitrogens with two attached hydrogens (primary N) is 1. The molecule has 0 spiro atoms. The monoisotopic (exact) mass is 489 g/mol. The van der Waals surface area contributed by atoms with Gasteiger partial charge in [0.2, 0.25) is 0 Å². The average Bonchev–Trinajstić information content (AvgIpc) is 3.55. The quantitative estimate of drug-likeness (QED) is 0.291. The zero-order chi connectivity index (χ0) is 25.6. The molecule has 36 heavy (non-hydrogen) atoms. The molecule has 1 aliphatic heterocycles. The molecule has 3 aromatic heterocycles. The summed E-state index contributed by atoms with van der Waals surface area (Å²) in [5.74, 6) is 1.55. The molecule has 1 aliphatic rings. The summed E-state index contributed by atoms with van der Waals surface area (Å²) < 4.78 is 29.2. The van der Waals surface area contributed by atoms with Crippen molar-refractivity contribution in [2.45, 2.75) is 58.2 Å². The summed E-state index contributed by atoms with van der Waals surface area (Å²) in [4.78, 5) is 0. The standard InChI is InChI=1S/C28H28FN3O4/c1-14-24(15(2)36-31-14)16-9-20(26(30)33)25-19-7-5-17(27(3,4)34)11-21(19)32(22(25)10-16)13-28(29)12-18-6-8-23(28)35-18/h5-11,26,33-34H,12-13,30H2,1-4H3. The van der Waals surface area contributed by atoms with Crippen molar-refractivity contribution in [2.75, 3.05) is 0 Å². The predicted molar refractivity (Wildman–Crippen MR) is 134 cm³/mol. The van der Waals surface area contributed by atoms with E-state index in [0.29, 0.717) is 39.6 Å². The maximum Gasteiger partial charge on any atom is 0.192 e. The van der Waals surface area contributed by atoms with E-state index in [-0.39, 0.29) is 13.0 Å². The summed E-state index contributed by atoms with van der Waals surface area (Å²) in [5, 5.41) is 27.0. The lowest BCUT2D eigenvalue weighted by Crippen LogP contribution is -2.27. The third kappa shape index (κ3) is 3.32. The molecule has 0 amide bonds. The number of fused-ring (bicyclic) bond motifs is 5. The minimum atomic E-state index is -1.71. The Kier molecular flexibility index (Phi) is 4.80. The van der Waals surface area contributed by atoms with E-state index >= 15 is 4.39 Å². The van der Waals surface area contributed by atoms with Crippen molar-refractivity contribution in [2.24, 2.45) is 5.73 Å². The summed E-state index contributed by atoms with van der Waals surface area (Å²) in [6, 6.07) is 12.9. The molecule has 5 aromatic rings. The summed E-state index contributed by atoms with van der Waals surface area (Å²) in [7, 11) is 0. The molecule has 6 rings (SSSR count). The van der Waals surface area contributed by atoms with Gasteiger partial charge in [0.15, 0.2) is 5.67 Å². The van der Waals surface area contributed by atoms with Crippen molar-refractivity contribution in [3.63, 3.8) is 0 Å². The lowest BCUT2D eigenvalue weighted by molar-refractivity contribution is 0.0787. The molecule has 7 nitrogen and oxygen atoms in total. The molecule has 2 unspecified atom stereocenters. The highest BCUT2D eigenvalue weighted by atomic mass is 19.1. The Morgan fingerprint density at radius 2 is 1.94 bits per heavy atom. The molecule has 0 saturated carbocycles. The maximum atomic E-state index is 16.3. The number of aromatic nitrogens is 2. The van der Waals surface area contributed by atoms with Crippen LogP contribution in [0.25, 0.3) is 32.9 Å². The van der Waals surface area contributed by atoms with Crippen molar-refractivity contribution in [1.82, 2.24) is 9.72 Å². The highest BCUT2D eigenvalue weighted by Gasteiger charge is 2.43. The van der Waals surface area contributed by atoms with Gasteiger partial charge in [0.25, 0.3) is 0 Å². The van der Waals surface area contributed by atoms with E-state index in [9.17, 15) is 10.2 Å². The van der Waals surface area contributed by atoms with Crippen LogP contribution in [0.1, 0.15) is 54.2 Å². The molecule has 2 bridgehead atoms. The predicted octanol–water partition coefficient (Wildman–Crippen LogP) is 5.26. The van der Waals surface area contributed by atoms with Crippen LogP contribution in [0.15, 0.2) is 51.4 Å². The Hall–Kier alpha value is -3.46. The Balaban J connectivity index is 1.69. The number of alkyl halides is 1. The van der Waals surface area contributed by atoms with Gasteiger partial charge < -0.3 is 29.5 Å². The molecule has 8 heteroatoms. The van der Waals surface area contributed by atoms with E-state index in [1.807, 2.05) is 48.7 Å². The van der Waals surface area contributed by atoms with Crippen molar-refractivity contribution in [3.8, 4) is 11.1 Å². The third-order valence-electron chi connectivity index (χ3n) is 7.31. The second kappa shape index (κ2) is 7.52. The van der Waals surface area contributed by atoms with E-state index in [1.165, 1.54) is 0 Å². The number of aliphatic hydroxyl groups is 2.